The highest BCUT2D eigenvalue weighted by Gasteiger charge is 2.06. The Hall–Kier alpha value is 0.490. The summed E-state index contributed by atoms with van der Waals surface area (Å²) in [6.07, 6.45) is 0. The van der Waals surface area contributed by atoms with Gasteiger partial charge in [0, 0.05) is 14.2 Å². The highest BCUT2D eigenvalue weighted by molar-refractivity contribution is 8.07. The molecule has 0 bridgehead atoms. The van der Waals surface area contributed by atoms with Crippen molar-refractivity contribution in [3.63, 3.8) is 0 Å². The van der Waals surface area contributed by atoms with Crippen molar-refractivity contribution in [2.45, 2.75) is 0 Å². The number of hydrogen-bond acceptors (Lipinski definition) is 4. The Labute approximate surface area is 53.6 Å². The van der Waals surface area contributed by atoms with E-state index in [1.54, 1.807) is 0 Å². The second kappa shape index (κ2) is 4.38. The lowest BCUT2D eigenvalue weighted by Gasteiger charge is -2.06. The Balaban J connectivity index is 0. The Bertz CT molecular complexity index is 89.3. The summed E-state index contributed by atoms with van der Waals surface area (Å²) < 4.78 is 8.69. The Morgan fingerprint density at radius 2 is 1.62 bits per heavy atom. The molecule has 0 aromatic heterocycles. The van der Waals surface area contributed by atoms with Gasteiger partial charge in [-0.15, -0.1) is 0 Å². The van der Waals surface area contributed by atoms with Crippen molar-refractivity contribution in [3.8, 4) is 0 Å². The van der Waals surface area contributed by atoms with Gasteiger partial charge >= 0.3 is 6.72 Å². The third-order valence-electron chi connectivity index (χ3n) is 0.461. The maximum absolute atomic E-state index is 8.61. The van der Waals surface area contributed by atoms with Gasteiger partial charge in [-0.05, 0) is 11.8 Å². The predicted molar refractivity (Wildman–Crippen MR) is 35.5 cm³/mol. The molecular formula is C2H10NO3PS. The molecule has 52 valence electrons. The minimum Gasteiger partial charge on any atom is -0.344 e. The Morgan fingerprint density at radius 1 is 1.38 bits per heavy atom. The standard InChI is InChI=1S/C2H7O3PS.H3N/c1-4-6(3,7)5-2;/h1-2H3,(H,3,7);1H3/i1+1,2+1;. The van der Waals surface area contributed by atoms with Gasteiger partial charge in [-0.1, -0.05) is 0 Å². The van der Waals surface area contributed by atoms with E-state index in [9.17, 15) is 0 Å². The fourth-order valence-electron chi connectivity index (χ4n) is 0.0745. The highest BCUT2D eigenvalue weighted by Crippen LogP contribution is 2.40. The summed E-state index contributed by atoms with van der Waals surface area (Å²) in [7, 11) is 2.62. The van der Waals surface area contributed by atoms with Crippen molar-refractivity contribution in [2.75, 3.05) is 14.2 Å². The average Bonchev–Trinajstić information content (AvgIpc) is 1.68. The van der Waals surface area contributed by atoms with Crippen LogP contribution >= 0.6 is 6.72 Å². The van der Waals surface area contributed by atoms with Crippen LogP contribution in [0.1, 0.15) is 0 Å². The highest BCUT2D eigenvalue weighted by atomic mass is 32.5. The Kier molecular flexibility index (Phi) is 6.19. The van der Waals surface area contributed by atoms with E-state index in [1.165, 1.54) is 14.2 Å². The second-order valence-electron chi connectivity index (χ2n) is 0.834. The van der Waals surface area contributed by atoms with Crippen LogP contribution in [0.5, 0.6) is 0 Å². The van der Waals surface area contributed by atoms with E-state index in [0.717, 1.165) is 0 Å². The average molecular weight is 161 g/mol. The minimum atomic E-state index is -2.82. The van der Waals surface area contributed by atoms with Gasteiger partial charge in [0.05, 0.1) is 0 Å². The molecule has 0 aromatic carbocycles. The molecule has 0 atom stereocenters. The van der Waals surface area contributed by atoms with E-state index >= 15 is 0 Å². The summed E-state index contributed by atoms with van der Waals surface area (Å²) in [5.41, 5.74) is 0. The summed E-state index contributed by atoms with van der Waals surface area (Å²) in [4.78, 5) is 8.61. The van der Waals surface area contributed by atoms with Crippen LogP contribution in [0.25, 0.3) is 0 Å². The zero-order valence-corrected chi connectivity index (χ0v) is 6.54. The Morgan fingerprint density at radius 3 is 1.62 bits per heavy atom. The molecule has 0 rings (SSSR count). The summed E-state index contributed by atoms with van der Waals surface area (Å²) in [6.45, 7) is -2.82. The molecule has 0 radical (unpaired) electrons. The van der Waals surface area contributed by atoms with Crippen LogP contribution in [0, 0.1) is 0 Å². The molecular weight excluding hydrogens is 151 g/mol. The van der Waals surface area contributed by atoms with Crippen LogP contribution in [0.4, 0.5) is 0 Å². The van der Waals surface area contributed by atoms with E-state index in [1.807, 2.05) is 0 Å². The van der Waals surface area contributed by atoms with Crippen molar-refractivity contribution in [2.24, 2.45) is 0 Å². The van der Waals surface area contributed by atoms with E-state index in [4.69, 9.17) is 4.89 Å². The normalized spacial score (nSPS) is 10.4. The molecule has 8 heavy (non-hydrogen) atoms. The van der Waals surface area contributed by atoms with Gasteiger partial charge in [-0.2, -0.15) is 0 Å². The van der Waals surface area contributed by atoms with Crippen LogP contribution in [-0.2, 0) is 20.9 Å². The second-order valence-corrected chi connectivity index (χ2v) is 3.89. The van der Waals surface area contributed by atoms with Crippen molar-refractivity contribution < 1.29 is 13.9 Å². The molecule has 4 N–H and O–H groups in total. The number of rotatable bonds is 2. The molecule has 6 heteroatoms. The quantitative estimate of drug-likeness (QED) is 0.459. The first-order valence-corrected chi connectivity index (χ1v) is 4.16. The first-order valence-electron chi connectivity index (χ1n) is 1.56. The summed E-state index contributed by atoms with van der Waals surface area (Å²) in [6, 6.07) is 0. The van der Waals surface area contributed by atoms with Crippen LogP contribution in [-0.4, -0.2) is 19.1 Å². The van der Waals surface area contributed by atoms with Gasteiger partial charge in [-0.25, -0.2) is 0 Å². The van der Waals surface area contributed by atoms with Gasteiger partial charge in [0.25, 0.3) is 0 Å². The van der Waals surface area contributed by atoms with Crippen molar-refractivity contribution in [1.29, 1.82) is 0 Å². The molecule has 0 saturated carbocycles. The monoisotopic (exact) mass is 161 g/mol. The minimum absolute atomic E-state index is 0. The smallest absolute Gasteiger partial charge is 0.323 e. The van der Waals surface area contributed by atoms with Crippen LogP contribution in [0.2, 0.25) is 0 Å². The van der Waals surface area contributed by atoms with Gasteiger partial charge < -0.3 is 20.1 Å². The fourth-order valence-corrected chi connectivity index (χ4v) is 0.224. The molecule has 0 spiro atoms. The van der Waals surface area contributed by atoms with E-state index in [0.29, 0.717) is 0 Å². The topological polar surface area (TPSA) is 73.7 Å². The molecule has 0 aliphatic rings. The molecule has 0 aliphatic heterocycles. The van der Waals surface area contributed by atoms with Gasteiger partial charge in [-0.3, -0.25) is 0 Å². The number of hydrogen-bond donors (Lipinski definition) is 2. The van der Waals surface area contributed by atoms with Gasteiger partial charge in [0.1, 0.15) is 0 Å². The van der Waals surface area contributed by atoms with Crippen molar-refractivity contribution in [3.05, 3.63) is 0 Å². The van der Waals surface area contributed by atoms with Crippen molar-refractivity contribution in [1.82, 2.24) is 6.15 Å². The molecule has 0 heterocycles. The van der Waals surface area contributed by atoms with Gasteiger partial charge in [0.15, 0.2) is 0 Å². The van der Waals surface area contributed by atoms with E-state index < -0.39 is 6.72 Å². The SMILES string of the molecule is N.[13CH3]OP(O)(=S)O[13CH3]. The molecule has 0 aliphatic carbocycles. The first-order chi connectivity index (χ1) is 3.12. The fraction of sp³-hybridized carbons (Fsp3) is 1.00. The zero-order valence-electron chi connectivity index (χ0n) is 4.83. The molecule has 0 unspecified atom stereocenters. The van der Waals surface area contributed by atoms with Crippen LogP contribution in [0.3, 0.4) is 0 Å². The summed E-state index contributed by atoms with van der Waals surface area (Å²) in [5, 5.41) is 0. The molecule has 0 amide bonds. The third kappa shape index (κ3) is 4.64. The largest absolute Gasteiger partial charge is 0.344 e. The lowest BCUT2D eigenvalue weighted by atomic mass is 12.7. The van der Waals surface area contributed by atoms with Gasteiger partial charge in [0.2, 0.25) is 0 Å². The van der Waals surface area contributed by atoms with Crippen LogP contribution in [0.15, 0.2) is 0 Å². The first kappa shape index (κ1) is 11.3. The maximum atomic E-state index is 8.61. The van der Waals surface area contributed by atoms with E-state index in [2.05, 4.69) is 20.9 Å². The van der Waals surface area contributed by atoms with Crippen LogP contribution < -0.4 is 6.15 Å². The molecule has 0 fully saturated rings. The van der Waals surface area contributed by atoms with Crippen molar-refractivity contribution >= 4 is 18.5 Å². The van der Waals surface area contributed by atoms with E-state index in [-0.39, 0.29) is 6.15 Å². The lowest BCUT2D eigenvalue weighted by Crippen LogP contribution is -1.82. The third-order valence-corrected chi connectivity index (χ3v) is 2.28. The summed E-state index contributed by atoms with van der Waals surface area (Å²) in [5.74, 6) is 0. The molecule has 0 aromatic rings. The zero-order chi connectivity index (χ0) is 5.91. The molecule has 0 saturated heterocycles. The molecule has 4 nitrogen and oxygen atoms in total. The lowest BCUT2D eigenvalue weighted by molar-refractivity contribution is 0.267. The predicted octanol–water partition coefficient (Wildman–Crippen LogP) is 0.658. The summed E-state index contributed by atoms with van der Waals surface area (Å²) >= 11 is 4.37. The maximum Gasteiger partial charge on any atom is 0.323 e.